The minimum absolute atomic E-state index is 0.208. The van der Waals surface area contributed by atoms with Gasteiger partial charge in [-0.1, -0.05) is 6.07 Å². The standard InChI is InChI=1S/C16H18N2O2/c1-10-5-11(2)7-14(6-10)18(4)15-12(3)8-13(9-17-15)16(19)20/h5-9H,1-4H3,(H,19,20). The van der Waals surface area contributed by atoms with E-state index in [0.717, 1.165) is 17.1 Å². The van der Waals surface area contributed by atoms with Crippen molar-refractivity contribution in [2.75, 3.05) is 11.9 Å². The molecule has 0 atom stereocenters. The zero-order valence-electron chi connectivity index (χ0n) is 12.1. The lowest BCUT2D eigenvalue weighted by Gasteiger charge is -2.21. The van der Waals surface area contributed by atoms with Crippen molar-refractivity contribution in [3.63, 3.8) is 0 Å². The summed E-state index contributed by atoms with van der Waals surface area (Å²) in [5, 5.41) is 8.97. The number of rotatable bonds is 3. The predicted octanol–water partition coefficient (Wildman–Crippen LogP) is 3.47. The van der Waals surface area contributed by atoms with Gasteiger partial charge in [0.15, 0.2) is 0 Å². The molecule has 0 amide bonds. The number of hydrogen-bond acceptors (Lipinski definition) is 3. The number of hydrogen-bond donors (Lipinski definition) is 1. The van der Waals surface area contributed by atoms with Gasteiger partial charge in [0, 0.05) is 18.9 Å². The van der Waals surface area contributed by atoms with E-state index in [9.17, 15) is 4.79 Å². The molecule has 4 heteroatoms. The van der Waals surface area contributed by atoms with E-state index < -0.39 is 5.97 Å². The molecule has 0 aliphatic carbocycles. The number of carboxylic acid groups (broad SMARTS) is 1. The van der Waals surface area contributed by atoms with Gasteiger partial charge in [0.25, 0.3) is 0 Å². The fourth-order valence-electron chi connectivity index (χ4n) is 2.30. The van der Waals surface area contributed by atoms with Crippen LogP contribution in [0.4, 0.5) is 11.5 Å². The predicted molar refractivity (Wildman–Crippen MR) is 79.9 cm³/mol. The number of aryl methyl sites for hydroxylation is 3. The highest BCUT2D eigenvalue weighted by atomic mass is 16.4. The van der Waals surface area contributed by atoms with Crippen LogP contribution in [-0.2, 0) is 0 Å². The van der Waals surface area contributed by atoms with Gasteiger partial charge >= 0.3 is 5.97 Å². The molecule has 0 aliphatic heterocycles. The molecule has 2 rings (SSSR count). The van der Waals surface area contributed by atoms with Gasteiger partial charge in [-0.3, -0.25) is 0 Å². The van der Waals surface area contributed by atoms with Gasteiger partial charge in [-0.25, -0.2) is 9.78 Å². The molecule has 0 fully saturated rings. The maximum atomic E-state index is 10.9. The second-order valence-electron chi connectivity index (χ2n) is 5.07. The van der Waals surface area contributed by atoms with Crippen LogP contribution >= 0.6 is 0 Å². The molecule has 1 N–H and O–H groups in total. The van der Waals surface area contributed by atoms with Crippen LogP contribution < -0.4 is 4.90 Å². The minimum atomic E-state index is -0.957. The number of carboxylic acids is 1. The molecule has 0 bridgehead atoms. The Balaban J connectivity index is 2.42. The molecule has 0 saturated heterocycles. The van der Waals surface area contributed by atoms with Gasteiger partial charge in [-0.05, 0) is 55.7 Å². The molecule has 0 saturated carbocycles. The second-order valence-corrected chi connectivity index (χ2v) is 5.07. The lowest BCUT2D eigenvalue weighted by molar-refractivity contribution is 0.0696. The highest BCUT2D eigenvalue weighted by Crippen LogP contribution is 2.26. The van der Waals surface area contributed by atoms with E-state index in [2.05, 4.69) is 37.0 Å². The molecule has 0 aliphatic rings. The molecule has 104 valence electrons. The molecule has 0 unspecified atom stereocenters. The lowest BCUT2D eigenvalue weighted by Crippen LogP contribution is -2.14. The Morgan fingerprint density at radius 3 is 2.20 bits per heavy atom. The van der Waals surface area contributed by atoms with E-state index in [-0.39, 0.29) is 5.56 Å². The first-order valence-corrected chi connectivity index (χ1v) is 6.40. The molecule has 0 radical (unpaired) electrons. The Bertz CT molecular complexity index is 645. The molecule has 4 nitrogen and oxygen atoms in total. The number of nitrogens with zero attached hydrogens (tertiary/aromatic N) is 2. The van der Waals surface area contributed by atoms with E-state index in [1.807, 2.05) is 18.9 Å². The van der Waals surface area contributed by atoms with Gasteiger partial charge in [-0.2, -0.15) is 0 Å². The third kappa shape index (κ3) is 2.79. The van der Waals surface area contributed by atoms with E-state index >= 15 is 0 Å². The Hall–Kier alpha value is -2.36. The first kappa shape index (κ1) is 14.1. The highest BCUT2D eigenvalue weighted by Gasteiger charge is 2.12. The van der Waals surface area contributed by atoms with Gasteiger partial charge in [-0.15, -0.1) is 0 Å². The van der Waals surface area contributed by atoms with Crippen LogP contribution in [0.15, 0.2) is 30.5 Å². The number of carbonyl (C=O) groups is 1. The lowest BCUT2D eigenvalue weighted by atomic mass is 10.1. The monoisotopic (exact) mass is 270 g/mol. The molecule has 2 aromatic rings. The van der Waals surface area contributed by atoms with Gasteiger partial charge in [0.2, 0.25) is 0 Å². The first-order valence-electron chi connectivity index (χ1n) is 6.40. The molecular formula is C16H18N2O2. The Morgan fingerprint density at radius 2 is 1.70 bits per heavy atom. The molecule has 1 heterocycles. The van der Waals surface area contributed by atoms with E-state index in [0.29, 0.717) is 0 Å². The van der Waals surface area contributed by atoms with Crippen molar-refractivity contribution >= 4 is 17.5 Å². The van der Waals surface area contributed by atoms with Gasteiger partial charge < -0.3 is 10.0 Å². The highest BCUT2D eigenvalue weighted by molar-refractivity contribution is 5.88. The summed E-state index contributed by atoms with van der Waals surface area (Å²) >= 11 is 0. The van der Waals surface area contributed by atoms with Crippen molar-refractivity contribution in [2.45, 2.75) is 20.8 Å². The number of aromatic carboxylic acids is 1. The van der Waals surface area contributed by atoms with Crippen LogP contribution in [0.1, 0.15) is 27.0 Å². The third-order valence-corrected chi connectivity index (χ3v) is 3.21. The number of anilines is 2. The largest absolute Gasteiger partial charge is 0.478 e. The van der Waals surface area contributed by atoms with E-state index in [1.54, 1.807) is 6.07 Å². The molecule has 20 heavy (non-hydrogen) atoms. The molecule has 1 aromatic carbocycles. The van der Waals surface area contributed by atoms with Crippen molar-refractivity contribution in [3.05, 3.63) is 52.7 Å². The SMILES string of the molecule is Cc1cc(C)cc(N(C)c2ncc(C(=O)O)cc2C)c1. The van der Waals surface area contributed by atoms with Crippen LogP contribution in [0.5, 0.6) is 0 Å². The Kier molecular flexibility index (Phi) is 3.74. The summed E-state index contributed by atoms with van der Waals surface area (Å²) in [6.07, 6.45) is 1.39. The van der Waals surface area contributed by atoms with E-state index in [4.69, 9.17) is 5.11 Å². The number of benzene rings is 1. The van der Waals surface area contributed by atoms with Crippen LogP contribution in [-0.4, -0.2) is 23.1 Å². The van der Waals surface area contributed by atoms with Crippen molar-refractivity contribution in [2.24, 2.45) is 0 Å². The van der Waals surface area contributed by atoms with Gasteiger partial charge in [0.1, 0.15) is 5.82 Å². The summed E-state index contributed by atoms with van der Waals surface area (Å²) in [7, 11) is 1.93. The quantitative estimate of drug-likeness (QED) is 0.927. The zero-order chi connectivity index (χ0) is 14.9. The normalized spacial score (nSPS) is 10.4. The summed E-state index contributed by atoms with van der Waals surface area (Å²) < 4.78 is 0. The zero-order valence-corrected chi connectivity index (χ0v) is 12.1. The first-order chi connectivity index (χ1) is 9.38. The minimum Gasteiger partial charge on any atom is -0.478 e. The van der Waals surface area contributed by atoms with E-state index in [1.165, 1.54) is 17.3 Å². The fourth-order valence-corrected chi connectivity index (χ4v) is 2.30. The number of pyridine rings is 1. The summed E-state index contributed by atoms with van der Waals surface area (Å²) in [5.74, 6) is -0.193. The van der Waals surface area contributed by atoms with Crippen LogP contribution in [0.3, 0.4) is 0 Å². The maximum absolute atomic E-state index is 10.9. The van der Waals surface area contributed by atoms with Crippen molar-refractivity contribution < 1.29 is 9.90 Å². The number of aromatic nitrogens is 1. The van der Waals surface area contributed by atoms with Crippen molar-refractivity contribution in [3.8, 4) is 0 Å². The molecule has 1 aromatic heterocycles. The van der Waals surface area contributed by atoms with Crippen LogP contribution in [0.2, 0.25) is 0 Å². The molecule has 0 spiro atoms. The Labute approximate surface area is 118 Å². The summed E-state index contributed by atoms with van der Waals surface area (Å²) in [5.41, 5.74) is 4.46. The van der Waals surface area contributed by atoms with Crippen molar-refractivity contribution in [1.29, 1.82) is 0 Å². The fraction of sp³-hybridized carbons (Fsp3) is 0.250. The van der Waals surface area contributed by atoms with Crippen LogP contribution in [0, 0.1) is 20.8 Å². The third-order valence-electron chi connectivity index (χ3n) is 3.21. The Morgan fingerprint density at radius 1 is 1.10 bits per heavy atom. The van der Waals surface area contributed by atoms with Crippen molar-refractivity contribution in [1.82, 2.24) is 4.98 Å². The summed E-state index contributed by atoms with van der Waals surface area (Å²) in [4.78, 5) is 17.2. The maximum Gasteiger partial charge on any atom is 0.337 e. The average Bonchev–Trinajstić information content (AvgIpc) is 2.36. The van der Waals surface area contributed by atoms with Crippen LogP contribution in [0.25, 0.3) is 0 Å². The smallest absolute Gasteiger partial charge is 0.337 e. The topological polar surface area (TPSA) is 53.4 Å². The summed E-state index contributed by atoms with van der Waals surface area (Å²) in [6, 6.07) is 7.92. The molecular weight excluding hydrogens is 252 g/mol. The second kappa shape index (κ2) is 5.33. The summed E-state index contributed by atoms with van der Waals surface area (Å²) in [6.45, 7) is 5.98. The average molecular weight is 270 g/mol. The van der Waals surface area contributed by atoms with Gasteiger partial charge in [0.05, 0.1) is 5.56 Å².